The molecule has 0 aliphatic rings. The van der Waals surface area contributed by atoms with Gasteiger partial charge in [-0.1, -0.05) is 70.5 Å². The Balaban J connectivity index is 1.88. The van der Waals surface area contributed by atoms with E-state index in [9.17, 15) is 4.79 Å². The highest BCUT2D eigenvalue weighted by Gasteiger charge is 2.15. The summed E-state index contributed by atoms with van der Waals surface area (Å²) < 4.78 is 7.13. The molecule has 4 aromatic carbocycles. The van der Waals surface area contributed by atoms with Gasteiger partial charge < -0.3 is 4.42 Å². The lowest BCUT2D eigenvalue weighted by Crippen LogP contribution is -1.95. The van der Waals surface area contributed by atoms with Crippen molar-refractivity contribution in [3.8, 4) is 11.1 Å². The maximum Gasteiger partial charge on any atom is 0.160 e. The van der Waals surface area contributed by atoms with Crippen LogP contribution in [0.2, 0.25) is 0 Å². The minimum Gasteiger partial charge on any atom is -0.456 e. The molecule has 0 atom stereocenters. The molecule has 3 heteroatoms. The fraction of sp³-hybridized carbons (Fsp3) is 0.0417. The maximum absolute atomic E-state index is 12.1. The molecule has 0 radical (unpaired) electrons. The van der Waals surface area contributed by atoms with Crippen LogP contribution in [-0.4, -0.2) is 5.78 Å². The zero-order valence-electron chi connectivity index (χ0n) is 14.6. The molecule has 0 N–H and O–H groups in total. The first-order chi connectivity index (χ1) is 13.1. The Kier molecular flexibility index (Phi) is 3.66. The second-order valence-corrected chi connectivity index (χ2v) is 7.55. The largest absolute Gasteiger partial charge is 0.456 e. The van der Waals surface area contributed by atoms with Crippen molar-refractivity contribution in [2.24, 2.45) is 0 Å². The van der Waals surface area contributed by atoms with E-state index < -0.39 is 0 Å². The molecule has 5 rings (SSSR count). The molecule has 0 amide bonds. The number of hydrogen-bond donors (Lipinski definition) is 0. The van der Waals surface area contributed by atoms with Gasteiger partial charge in [0, 0.05) is 20.8 Å². The number of carbonyl (C=O) groups is 1. The zero-order chi connectivity index (χ0) is 18.5. The van der Waals surface area contributed by atoms with Crippen molar-refractivity contribution in [1.82, 2.24) is 0 Å². The number of hydrogen-bond acceptors (Lipinski definition) is 2. The molecule has 0 saturated heterocycles. The van der Waals surface area contributed by atoms with Crippen LogP contribution in [0.3, 0.4) is 0 Å². The average molecular weight is 415 g/mol. The average Bonchev–Trinajstić information content (AvgIpc) is 3.05. The normalized spacial score (nSPS) is 11.5. The molecule has 0 bridgehead atoms. The van der Waals surface area contributed by atoms with E-state index in [-0.39, 0.29) is 5.78 Å². The van der Waals surface area contributed by atoms with Crippen LogP contribution in [-0.2, 0) is 0 Å². The summed E-state index contributed by atoms with van der Waals surface area (Å²) in [5, 5.41) is 4.47. The highest BCUT2D eigenvalue weighted by atomic mass is 79.9. The van der Waals surface area contributed by atoms with Crippen LogP contribution in [0.4, 0.5) is 0 Å². The van der Waals surface area contributed by atoms with Gasteiger partial charge in [-0.15, -0.1) is 0 Å². The number of ketones is 1. The highest BCUT2D eigenvalue weighted by molar-refractivity contribution is 9.10. The van der Waals surface area contributed by atoms with Gasteiger partial charge >= 0.3 is 0 Å². The van der Waals surface area contributed by atoms with Crippen molar-refractivity contribution in [3.05, 3.63) is 82.8 Å². The van der Waals surface area contributed by atoms with E-state index in [1.54, 1.807) is 6.92 Å². The number of rotatable bonds is 2. The lowest BCUT2D eigenvalue weighted by Gasteiger charge is -2.07. The topological polar surface area (TPSA) is 30.2 Å². The van der Waals surface area contributed by atoms with Gasteiger partial charge in [0.1, 0.15) is 11.2 Å². The Bertz CT molecular complexity index is 1360. The number of Topliss-reactive ketones (excluding diaryl/α,β-unsaturated/α-hetero) is 1. The van der Waals surface area contributed by atoms with E-state index in [0.717, 1.165) is 53.9 Å². The van der Waals surface area contributed by atoms with Crippen molar-refractivity contribution in [1.29, 1.82) is 0 Å². The predicted octanol–water partition coefficient (Wildman–Crippen LogP) is 7.37. The van der Waals surface area contributed by atoms with E-state index in [1.807, 2.05) is 54.6 Å². The van der Waals surface area contributed by atoms with Gasteiger partial charge in [0.05, 0.1) is 0 Å². The van der Waals surface area contributed by atoms with Crippen LogP contribution < -0.4 is 0 Å². The van der Waals surface area contributed by atoms with Crippen molar-refractivity contribution in [3.63, 3.8) is 0 Å². The van der Waals surface area contributed by atoms with Crippen LogP contribution in [0.15, 0.2) is 81.7 Å². The third-order valence-corrected chi connectivity index (χ3v) is 5.70. The van der Waals surface area contributed by atoms with Crippen LogP contribution in [0, 0.1) is 0 Å². The third-order valence-electron chi connectivity index (χ3n) is 5.04. The predicted molar refractivity (Wildman–Crippen MR) is 114 cm³/mol. The maximum atomic E-state index is 12.1. The van der Waals surface area contributed by atoms with Crippen LogP contribution in [0.1, 0.15) is 17.3 Å². The van der Waals surface area contributed by atoms with Crippen molar-refractivity contribution >= 4 is 54.4 Å². The second-order valence-electron chi connectivity index (χ2n) is 6.69. The van der Waals surface area contributed by atoms with Gasteiger partial charge in [0.25, 0.3) is 0 Å². The van der Waals surface area contributed by atoms with Gasteiger partial charge in [-0.25, -0.2) is 0 Å². The van der Waals surface area contributed by atoms with Gasteiger partial charge in [-0.05, 0) is 47.0 Å². The van der Waals surface area contributed by atoms with Gasteiger partial charge in [0.15, 0.2) is 5.78 Å². The summed E-state index contributed by atoms with van der Waals surface area (Å²) >= 11 is 3.65. The summed E-state index contributed by atoms with van der Waals surface area (Å²) in [6.07, 6.45) is 0. The van der Waals surface area contributed by atoms with Gasteiger partial charge in [0.2, 0.25) is 0 Å². The molecule has 130 valence electrons. The minimum absolute atomic E-state index is 0.0668. The van der Waals surface area contributed by atoms with E-state index >= 15 is 0 Å². The van der Waals surface area contributed by atoms with Crippen molar-refractivity contribution in [2.75, 3.05) is 0 Å². The Hall–Kier alpha value is -2.91. The standard InChI is InChI=1S/C24H15BrO2/c1-14(26)16-6-2-3-7-17(16)15-10-11-22-20(12-15)24-19-9-5-4-8-18(19)21(25)13-23(24)27-22/h2-13H,1H3. The molecule has 1 aromatic heterocycles. The van der Waals surface area contributed by atoms with Gasteiger partial charge in [-0.3, -0.25) is 4.79 Å². The summed E-state index contributed by atoms with van der Waals surface area (Å²) in [7, 11) is 0. The molecule has 0 aliphatic heterocycles. The van der Waals surface area contributed by atoms with Crippen LogP contribution >= 0.6 is 15.9 Å². The highest BCUT2D eigenvalue weighted by Crippen LogP contribution is 2.39. The molecule has 27 heavy (non-hydrogen) atoms. The molecule has 0 aliphatic carbocycles. The minimum atomic E-state index is 0.0668. The quantitative estimate of drug-likeness (QED) is 0.282. The number of furan rings is 1. The third kappa shape index (κ3) is 2.50. The monoisotopic (exact) mass is 414 g/mol. The Morgan fingerprint density at radius 2 is 1.56 bits per heavy atom. The Morgan fingerprint density at radius 3 is 2.37 bits per heavy atom. The first kappa shape index (κ1) is 16.3. The van der Waals surface area contributed by atoms with E-state index in [1.165, 1.54) is 0 Å². The summed E-state index contributed by atoms with van der Waals surface area (Å²) in [6.45, 7) is 1.61. The Morgan fingerprint density at radius 1 is 0.815 bits per heavy atom. The molecular weight excluding hydrogens is 400 g/mol. The number of benzene rings is 4. The van der Waals surface area contributed by atoms with Crippen molar-refractivity contribution in [2.45, 2.75) is 6.92 Å². The fourth-order valence-corrected chi connectivity index (χ4v) is 4.36. The molecule has 1 heterocycles. The number of halogens is 1. The first-order valence-corrected chi connectivity index (χ1v) is 9.56. The first-order valence-electron chi connectivity index (χ1n) is 8.77. The molecule has 0 spiro atoms. The summed E-state index contributed by atoms with van der Waals surface area (Å²) in [5.74, 6) is 0.0668. The number of carbonyl (C=O) groups excluding carboxylic acids is 1. The molecule has 0 fully saturated rings. The summed E-state index contributed by atoms with van der Waals surface area (Å²) in [5.41, 5.74) is 4.40. The molecule has 0 unspecified atom stereocenters. The van der Waals surface area contributed by atoms with Crippen LogP contribution in [0.5, 0.6) is 0 Å². The molecule has 5 aromatic rings. The second kappa shape index (κ2) is 6.07. The van der Waals surface area contributed by atoms with Crippen LogP contribution in [0.25, 0.3) is 43.8 Å². The lowest BCUT2D eigenvalue weighted by atomic mass is 9.95. The zero-order valence-corrected chi connectivity index (χ0v) is 16.2. The number of fused-ring (bicyclic) bond motifs is 5. The van der Waals surface area contributed by atoms with E-state index in [0.29, 0.717) is 0 Å². The van der Waals surface area contributed by atoms with E-state index in [2.05, 4.69) is 34.1 Å². The summed E-state index contributed by atoms with van der Waals surface area (Å²) in [6, 6.07) is 24.2. The fourth-order valence-electron chi connectivity index (χ4n) is 3.81. The lowest BCUT2D eigenvalue weighted by molar-refractivity contribution is 0.101. The SMILES string of the molecule is CC(=O)c1ccccc1-c1ccc2oc3cc(Br)c4ccccc4c3c2c1. The van der Waals surface area contributed by atoms with Crippen molar-refractivity contribution < 1.29 is 9.21 Å². The molecule has 2 nitrogen and oxygen atoms in total. The molecule has 0 saturated carbocycles. The van der Waals surface area contributed by atoms with Gasteiger partial charge in [-0.2, -0.15) is 0 Å². The van der Waals surface area contributed by atoms with E-state index in [4.69, 9.17) is 4.42 Å². The smallest absolute Gasteiger partial charge is 0.160 e. The summed E-state index contributed by atoms with van der Waals surface area (Å²) in [4.78, 5) is 12.1. The molecular formula is C24H15BrO2. The Labute approximate surface area is 164 Å².